The summed E-state index contributed by atoms with van der Waals surface area (Å²) in [6.45, 7) is -0.486. The average Bonchev–Trinajstić information content (AvgIpc) is 3.08. The molecule has 0 saturated heterocycles. The molecule has 132 valence electrons. The smallest absolute Gasteiger partial charge is 0.338 e. The van der Waals surface area contributed by atoms with Gasteiger partial charge in [-0.05, 0) is 42.5 Å². The number of benzene rings is 2. The molecule has 0 aliphatic rings. The standard InChI is InChI=1S/C18H13FN2O4S/c19-13-6-4-11(5-7-13)15-10-26-18(20-15)21-16(23)9-25-17(24)12-2-1-3-14(22)8-12/h1-8,10,22H,9H2,(H,20,21,23). The van der Waals surface area contributed by atoms with E-state index in [1.807, 2.05) is 0 Å². The van der Waals surface area contributed by atoms with Crippen molar-refractivity contribution < 1.29 is 23.8 Å². The van der Waals surface area contributed by atoms with E-state index in [0.29, 0.717) is 10.8 Å². The molecule has 2 N–H and O–H groups in total. The monoisotopic (exact) mass is 372 g/mol. The second-order valence-electron chi connectivity index (χ2n) is 5.22. The number of esters is 1. The van der Waals surface area contributed by atoms with Crippen molar-refractivity contribution in [1.29, 1.82) is 0 Å². The molecule has 3 rings (SSSR count). The van der Waals surface area contributed by atoms with Crippen molar-refractivity contribution in [3.63, 3.8) is 0 Å². The SMILES string of the molecule is O=C(COC(=O)c1cccc(O)c1)Nc1nc(-c2ccc(F)cc2)cs1. The van der Waals surface area contributed by atoms with E-state index in [-0.39, 0.29) is 17.1 Å². The number of anilines is 1. The molecule has 1 heterocycles. The van der Waals surface area contributed by atoms with Crippen molar-refractivity contribution in [2.45, 2.75) is 0 Å². The van der Waals surface area contributed by atoms with Crippen LogP contribution in [0.3, 0.4) is 0 Å². The number of aromatic nitrogens is 1. The second-order valence-corrected chi connectivity index (χ2v) is 6.08. The average molecular weight is 372 g/mol. The Morgan fingerprint density at radius 2 is 1.96 bits per heavy atom. The predicted molar refractivity (Wildman–Crippen MR) is 94.5 cm³/mol. The minimum atomic E-state index is -0.720. The lowest BCUT2D eigenvalue weighted by Crippen LogP contribution is -2.20. The zero-order chi connectivity index (χ0) is 18.5. The number of hydrogen-bond donors (Lipinski definition) is 2. The summed E-state index contributed by atoms with van der Waals surface area (Å²) in [6, 6.07) is 11.5. The molecule has 0 aliphatic carbocycles. The Bertz CT molecular complexity index is 940. The van der Waals surface area contributed by atoms with Crippen molar-refractivity contribution in [3.05, 3.63) is 65.3 Å². The Labute approximate surface area is 151 Å². The van der Waals surface area contributed by atoms with Gasteiger partial charge in [0.25, 0.3) is 5.91 Å². The van der Waals surface area contributed by atoms with Crippen molar-refractivity contribution in [1.82, 2.24) is 4.98 Å². The normalized spacial score (nSPS) is 10.3. The lowest BCUT2D eigenvalue weighted by atomic mass is 10.2. The van der Waals surface area contributed by atoms with E-state index >= 15 is 0 Å². The summed E-state index contributed by atoms with van der Waals surface area (Å²) in [6.07, 6.45) is 0. The number of carbonyl (C=O) groups excluding carboxylic acids is 2. The van der Waals surface area contributed by atoms with E-state index < -0.39 is 18.5 Å². The molecule has 3 aromatic rings. The van der Waals surface area contributed by atoms with Crippen molar-refractivity contribution in [2.75, 3.05) is 11.9 Å². The van der Waals surface area contributed by atoms with Crippen LogP contribution in [0.25, 0.3) is 11.3 Å². The van der Waals surface area contributed by atoms with Crippen molar-refractivity contribution in [3.8, 4) is 17.0 Å². The van der Waals surface area contributed by atoms with E-state index in [0.717, 1.165) is 5.56 Å². The number of aromatic hydroxyl groups is 1. The first kappa shape index (κ1) is 17.6. The van der Waals surface area contributed by atoms with Gasteiger partial charge in [-0.25, -0.2) is 14.2 Å². The zero-order valence-corrected chi connectivity index (χ0v) is 14.1. The first-order valence-electron chi connectivity index (χ1n) is 7.49. The first-order chi connectivity index (χ1) is 12.5. The molecule has 0 atom stereocenters. The molecular weight excluding hydrogens is 359 g/mol. The molecular formula is C18H13FN2O4S. The third-order valence-corrected chi connectivity index (χ3v) is 4.06. The van der Waals surface area contributed by atoms with Crippen LogP contribution >= 0.6 is 11.3 Å². The van der Waals surface area contributed by atoms with Crippen LogP contribution in [0.4, 0.5) is 9.52 Å². The van der Waals surface area contributed by atoms with Gasteiger partial charge in [-0.2, -0.15) is 0 Å². The number of rotatable bonds is 5. The van der Waals surface area contributed by atoms with E-state index in [1.54, 1.807) is 17.5 Å². The van der Waals surface area contributed by atoms with Gasteiger partial charge < -0.3 is 9.84 Å². The van der Waals surface area contributed by atoms with Crippen molar-refractivity contribution >= 4 is 28.3 Å². The summed E-state index contributed by atoms with van der Waals surface area (Å²) in [5, 5.41) is 13.9. The van der Waals surface area contributed by atoms with Gasteiger partial charge in [-0.1, -0.05) is 6.07 Å². The number of phenolic OH excluding ortho intramolecular Hbond substituents is 1. The van der Waals surface area contributed by atoms with Gasteiger partial charge in [0, 0.05) is 10.9 Å². The second kappa shape index (κ2) is 7.75. The molecule has 0 radical (unpaired) electrons. The molecule has 0 unspecified atom stereocenters. The van der Waals surface area contributed by atoms with Crippen LogP contribution in [0.5, 0.6) is 5.75 Å². The molecule has 0 saturated carbocycles. The molecule has 26 heavy (non-hydrogen) atoms. The van der Waals surface area contributed by atoms with E-state index in [4.69, 9.17) is 4.74 Å². The third-order valence-electron chi connectivity index (χ3n) is 3.31. The molecule has 0 fully saturated rings. The Balaban J connectivity index is 1.55. The number of halogens is 1. The number of phenols is 1. The van der Waals surface area contributed by atoms with E-state index in [1.165, 1.54) is 47.7 Å². The molecule has 0 aliphatic heterocycles. The highest BCUT2D eigenvalue weighted by molar-refractivity contribution is 7.14. The number of nitrogens with zero attached hydrogens (tertiary/aromatic N) is 1. The molecule has 1 amide bonds. The highest BCUT2D eigenvalue weighted by Gasteiger charge is 2.12. The Kier molecular flexibility index (Phi) is 5.23. The first-order valence-corrected chi connectivity index (χ1v) is 8.37. The topological polar surface area (TPSA) is 88.5 Å². The van der Waals surface area contributed by atoms with Crippen LogP contribution in [0.15, 0.2) is 53.9 Å². The maximum absolute atomic E-state index is 12.9. The lowest BCUT2D eigenvalue weighted by Gasteiger charge is -2.05. The van der Waals surface area contributed by atoms with Crippen LogP contribution in [0.2, 0.25) is 0 Å². The maximum Gasteiger partial charge on any atom is 0.338 e. The maximum atomic E-state index is 12.9. The van der Waals surface area contributed by atoms with Crippen LogP contribution in [-0.4, -0.2) is 28.6 Å². The van der Waals surface area contributed by atoms with E-state index in [9.17, 15) is 19.1 Å². The number of hydrogen-bond acceptors (Lipinski definition) is 6. The summed E-state index contributed by atoms with van der Waals surface area (Å²) in [5.41, 5.74) is 1.46. The Hall–Kier alpha value is -3.26. The Morgan fingerprint density at radius 1 is 1.19 bits per heavy atom. The van der Waals surface area contributed by atoms with Crippen LogP contribution in [-0.2, 0) is 9.53 Å². The minimum Gasteiger partial charge on any atom is -0.508 e. The number of nitrogens with one attached hydrogen (secondary N) is 1. The lowest BCUT2D eigenvalue weighted by molar-refractivity contribution is -0.119. The summed E-state index contributed by atoms with van der Waals surface area (Å²) in [4.78, 5) is 27.9. The summed E-state index contributed by atoms with van der Waals surface area (Å²) in [5.74, 6) is -1.67. The summed E-state index contributed by atoms with van der Waals surface area (Å²) < 4.78 is 17.8. The van der Waals surface area contributed by atoms with Crippen LogP contribution in [0, 0.1) is 5.82 Å². The summed E-state index contributed by atoms with van der Waals surface area (Å²) in [7, 11) is 0. The molecule has 8 heteroatoms. The number of carbonyl (C=O) groups is 2. The fraction of sp³-hybridized carbons (Fsp3) is 0.0556. The molecule has 0 bridgehead atoms. The van der Waals surface area contributed by atoms with Gasteiger partial charge in [0.15, 0.2) is 11.7 Å². The minimum absolute atomic E-state index is 0.0694. The summed E-state index contributed by atoms with van der Waals surface area (Å²) >= 11 is 1.20. The van der Waals surface area contributed by atoms with Gasteiger partial charge in [-0.3, -0.25) is 10.1 Å². The zero-order valence-electron chi connectivity index (χ0n) is 13.3. The van der Waals surface area contributed by atoms with Crippen LogP contribution in [0.1, 0.15) is 10.4 Å². The van der Waals surface area contributed by atoms with Gasteiger partial charge in [0.1, 0.15) is 11.6 Å². The molecule has 6 nitrogen and oxygen atoms in total. The van der Waals surface area contributed by atoms with E-state index in [2.05, 4.69) is 10.3 Å². The largest absolute Gasteiger partial charge is 0.508 e. The molecule has 0 spiro atoms. The molecule has 1 aromatic heterocycles. The van der Waals surface area contributed by atoms with Crippen LogP contribution < -0.4 is 5.32 Å². The fourth-order valence-corrected chi connectivity index (χ4v) is 2.82. The van der Waals surface area contributed by atoms with Gasteiger partial charge in [-0.15, -0.1) is 11.3 Å². The fourth-order valence-electron chi connectivity index (χ4n) is 2.09. The van der Waals surface area contributed by atoms with Gasteiger partial charge in [0.2, 0.25) is 0 Å². The molecule has 2 aromatic carbocycles. The number of ether oxygens (including phenoxy) is 1. The highest BCUT2D eigenvalue weighted by atomic mass is 32.1. The highest BCUT2D eigenvalue weighted by Crippen LogP contribution is 2.25. The predicted octanol–water partition coefficient (Wildman–Crippen LogP) is 3.45. The van der Waals surface area contributed by atoms with Gasteiger partial charge in [0.05, 0.1) is 11.3 Å². The quantitative estimate of drug-likeness (QED) is 0.670. The Morgan fingerprint density at radius 3 is 2.69 bits per heavy atom. The number of thiazole rings is 1. The third kappa shape index (κ3) is 4.42. The van der Waals surface area contributed by atoms with Crippen molar-refractivity contribution in [2.24, 2.45) is 0 Å². The van der Waals surface area contributed by atoms with Gasteiger partial charge >= 0.3 is 5.97 Å². The number of amides is 1.